The van der Waals surface area contributed by atoms with E-state index in [4.69, 9.17) is 19.4 Å². The summed E-state index contributed by atoms with van der Waals surface area (Å²) in [5, 5.41) is 27.4. The van der Waals surface area contributed by atoms with Gasteiger partial charge in [-0.3, -0.25) is 15.1 Å². The van der Waals surface area contributed by atoms with Crippen LogP contribution >= 0.6 is 12.0 Å². The SMILES string of the molecule is CC(C)Oc1cc(NC(=O)Oc2cccc(S(=O)(=O)[O-])c2)c2c3c(nc(-c4cc(SOO[O-])ccc4O)nc13)-c1ccccc1C2=O.[K+].[K+]. The molecule has 1 amide bonds. The summed E-state index contributed by atoms with van der Waals surface area (Å²) in [6, 6.07) is 16.9. The Morgan fingerprint density at radius 3 is 2.39 bits per heavy atom. The Bertz CT molecular complexity index is 2200. The summed E-state index contributed by atoms with van der Waals surface area (Å²) in [4.78, 5) is 36.4. The largest absolute Gasteiger partial charge is 1.00 e. The van der Waals surface area contributed by atoms with Gasteiger partial charge in [0.15, 0.2) is 11.6 Å². The Hall–Kier alpha value is -1.83. The van der Waals surface area contributed by atoms with E-state index in [-0.39, 0.29) is 159 Å². The summed E-state index contributed by atoms with van der Waals surface area (Å²) >= 11 is 0.608. The predicted molar refractivity (Wildman–Crippen MR) is 163 cm³/mol. The van der Waals surface area contributed by atoms with Crippen molar-refractivity contribution in [1.82, 2.24) is 9.97 Å². The second kappa shape index (κ2) is 16.7. The van der Waals surface area contributed by atoms with Crippen LogP contribution in [0.3, 0.4) is 0 Å². The van der Waals surface area contributed by atoms with Gasteiger partial charge in [0.25, 0.3) is 0 Å². The number of ether oxygens (including phenoxy) is 2. The third-order valence-electron chi connectivity index (χ3n) is 6.86. The van der Waals surface area contributed by atoms with Crippen molar-refractivity contribution in [2.45, 2.75) is 29.7 Å². The van der Waals surface area contributed by atoms with Crippen molar-refractivity contribution in [1.29, 1.82) is 0 Å². The fourth-order valence-electron chi connectivity index (χ4n) is 5.03. The number of benzene rings is 4. The molecule has 0 atom stereocenters. The van der Waals surface area contributed by atoms with Crippen molar-refractivity contribution in [3.63, 3.8) is 0 Å². The second-order valence-electron chi connectivity index (χ2n) is 10.3. The molecule has 1 aliphatic rings. The zero-order valence-electron chi connectivity index (χ0n) is 26.2. The van der Waals surface area contributed by atoms with Crippen molar-refractivity contribution < 1.29 is 155 Å². The van der Waals surface area contributed by atoms with Crippen LogP contribution in [0.1, 0.15) is 29.8 Å². The third-order valence-corrected chi connectivity index (χ3v) is 8.26. The van der Waals surface area contributed by atoms with Gasteiger partial charge in [-0.15, -0.1) is 0 Å². The van der Waals surface area contributed by atoms with Crippen molar-refractivity contribution >= 4 is 50.6 Å². The molecule has 0 radical (unpaired) electrons. The molecule has 0 aliphatic heterocycles. The van der Waals surface area contributed by atoms with Gasteiger partial charge < -0.3 is 24.4 Å². The summed E-state index contributed by atoms with van der Waals surface area (Å²) in [5.74, 6) is -0.682. The number of aromatic hydroxyl groups is 1. The van der Waals surface area contributed by atoms with E-state index in [1.807, 2.05) is 0 Å². The Morgan fingerprint density at radius 2 is 1.69 bits per heavy atom. The van der Waals surface area contributed by atoms with Gasteiger partial charge in [-0.25, -0.2) is 23.2 Å². The van der Waals surface area contributed by atoms with Crippen LogP contribution < -0.4 is 123 Å². The molecule has 0 saturated heterocycles. The summed E-state index contributed by atoms with van der Waals surface area (Å²) in [7, 11) is -4.82. The maximum Gasteiger partial charge on any atom is 1.00 e. The van der Waals surface area contributed by atoms with Crippen LogP contribution in [0.5, 0.6) is 17.2 Å². The monoisotopic (exact) mass is 753 g/mol. The standard InChI is InChI=1S/C31H23N3O11S2.2K/c1-15(2)42-24-14-22(32-31(37)43-16-6-5-7-18(12-16)47(39,40)41)25-26-27(19-8-3-4-9-20(19)29(25)36)33-30(34-28(24)26)21-13-17(46-45-44-38)10-11-23(21)35;;/h3-15,35,38H,1-2H3,(H,32,37)(H,39,40,41);;/q;2*+1/p-2. The number of aromatic nitrogens is 2. The minimum Gasteiger partial charge on any atom is -0.744 e. The van der Waals surface area contributed by atoms with Gasteiger partial charge in [0.1, 0.15) is 32.9 Å². The number of anilines is 1. The van der Waals surface area contributed by atoms with E-state index in [9.17, 15) is 32.9 Å². The van der Waals surface area contributed by atoms with E-state index < -0.39 is 33.0 Å². The van der Waals surface area contributed by atoms with Crippen LogP contribution in [0.15, 0.2) is 82.6 Å². The normalized spacial score (nSPS) is 11.7. The van der Waals surface area contributed by atoms with E-state index in [0.29, 0.717) is 28.2 Å². The van der Waals surface area contributed by atoms with E-state index in [1.165, 1.54) is 36.4 Å². The van der Waals surface area contributed by atoms with E-state index >= 15 is 0 Å². The molecule has 0 bridgehead atoms. The molecule has 0 spiro atoms. The number of fused-ring (bicyclic) bond motifs is 2. The number of ketones is 1. The van der Waals surface area contributed by atoms with Crippen molar-refractivity contribution in [2.75, 3.05) is 5.32 Å². The molecule has 4 aromatic carbocycles. The van der Waals surface area contributed by atoms with Crippen molar-refractivity contribution in [3.8, 4) is 39.9 Å². The van der Waals surface area contributed by atoms with Crippen LogP contribution in [-0.4, -0.2) is 46.0 Å². The summed E-state index contributed by atoms with van der Waals surface area (Å²) in [6.07, 6.45) is -1.49. The van der Waals surface area contributed by atoms with Gasteiger partial charge in [-0.05, 0) is 50.2 Å². The molecule has 14 nitrogen and oxygen atoms in total. The number of carbonyl (C=O) groups excluding carboxylic acids is 2. The number of amides is 1. The fourth-order valence-corrected chi connectivity index (χ4v) is 5.93. The molecular formula is C31H21K2N3O11S2. The van der Waals surface area contributed by atoms with Gasteiger partial charge in [-0.2, -0.15) is 4.33 Å². The average molecular weight is 754 g/mol. The molecule has 5 aromatic rings. The number of hydrogen-bond donors (Lipinski definition) is 2. The van der Waals surface area contributed by atoms with E-state index in [0.717, 1.165) is 12.1 Å². The number of hydrogen-bond acceptors (Lipinski definition) is 14. The van der Waals surface area contributed by atoms with Crippen molar-refractivity contribution in [2.24, 2.45) is 0 Å². The second-order valence-corrected chi connectivity index (χ2v) is 12.5. The zero-order chi connectivity index (χ0) is 33.5. The first-order valence-electron chi connectivity index (χ1n) is 13.7. The minimum absolute atomic E-state index is 0. The molecule has 1 aliphatic carbocycles. The summed E-state index contributed by atoms with van der Waals surface area (Å²) < 4.78 is 50.1. The van der Waals surface area contributed by atoms with Crippen LogP contribution in [0.25, 0.3) is 33.5 Å². The molecular weight excluding hydrogens is 733 g/mol. The number of phenols is 1. The summed E-state index contributed by atoms with van der Waals surface area (Å²) in [5.41, 5.74) is 1.39. The maximum absolute atomic E-state index is 14.0. The Labute approximate surface area is 368 Å². The number of phenolic OH excluding ortho intramolecular Hbond substituents is 1. The van der Waals surface area contributed by atoms with E-state index in [1.54, 1.807) is 38.1 Å². The molecule has 0 unspecified atom stereocenters. The van der Waals surface area contributed by atoms with Crippen molar-refractivity contribution in [3.05, 3.63) is 83.9 Å². The topological polar surface area (TPSA) is 209 Å². The first-order chi connectivity index (χ1) is 22.4. The number of carbonyl (C=O) groups is 2. The minimum atomic E-state index is -4.82. The molecule has 1 aromatic heterocycles. The third kappa shape index (κ3) is 8.63. The Kier molecular flexibility index (Phi) is 13.6. The predicted octanol–water partition coefficient (Wildman–Crippen LogP) is -1.25. The first kappa shape index (κ1) is 40.0. The smallest absolute Gasteiger partial charge is 0.744 e. The van der Waals surface area contributed by atoms with Crippen LogP contribution in [0, 0.1) is 0 Å². The van der Waals surface area contributed by atoms with Gasteiger partial charge >= 0.3 is 109 Å². The summed E-state index contributed by atoms with van der Waals surface area (Å²) in [6.45, 7) is 3.52. The zero-order valence-corrected chi connectivity index (χ0v) is 34.1. The quantitative estimate of drug-likeness (QED) is 0.0582. The number of rotatable bonds is 9. The molecule has 18 heteroatoms. The molecule has 6 rings (SSSR count). The van der Waals surface area contributed by atoms with Gasteiger partial charge in [0.2, 0.25) is 0 Å². The van der Waals surface area contributed by atoms with Gasteiger partial charge in [0, 0.05) is 27.5 Å². The van der Waals surface area contributed by atoms with Crippen LogP contribution in [0.2, 0.25) is 0 Å². The fraction of sp³-hybridized carbons (Fsp3) is 0.0968. The molecule has 49 heavy (non-hydrogen) atoms. The Morgan fingerprint density at radius 1 is 0.959 bits per heavy atom. The maximum atomic E-state index is 14.0. The van der Waals surface area contributed by atoms with E-state index in [2.05, 4.69) is 14.7 Å². The van der Waals surface area contributed by atoms with Gasteiger partial charge in [0.05, 0.1) is 45.6 Å². The van der Waals surface area contributed by atoms with Crippen LogP contribution in [-0.2, 0) is 19.5 Å². The van der Waals surface area contributed by atoms with Gasteiger partial charge in [-0.1, -0.05) is 30.3 Å². The molecule has 0 saturated carbocycles. The number of nitrogens with zero attached hydrogens (tertiary/aromatic N) is 2. The molecule has 240 valence electrons. The molecule has 0 fully saturated rings. The first-order valence-corrected chi connectivity index (χ1v) is 15.8. The average Bonchev–Trinajstić information content (AvgIpc) is 3.03. The van der Waals surface area contributed by atoms with Crippen LogP contribution in [0.4, 0.5) is 10.5 Å². The molecule has 2 N–H and O–H groups in total. The Balaban J connectivity index is 0.00000270. The number of nitrogens with one attached hydrogen (secondary N) is 1. The molecule has 1 heterocycles.